The largest absolute Gasteiger partial charge is 0.398 e. The van der Waals surface area contributed by atoms with Gasteiger partial charge in [0.2, 0.25) is 0 Å². The number of rotatable bonds is 7. The summed E-state index contributed by atoms with van der Waals surface area (Å²) >= 11 is 0. The third-order valence-electron chi connectivity index (χ3n) is 3.09. The van der Waals surface area contributed by atoms with Crippen LogP contribution in [0.1, 0.15) is 17.2 Å². The van der Waals surface area contributed by atoms with Gasteiger partial charge in [0, 0.05) is 20.3 Å². The number of hydrogen-bond acceptors (Lipinski definition) is 4. The molecule has 0 bridgehead atoms. The minimum Gasteiger partial charge on any atom is -0.398 e. The van der Waals surface area contributed by atoms with Crippen LogP contribution in [0.25, 0.3) is 6.08 Å². The number of benzene rings is 1. The zero-order valence-corrected chi connectivity index (χ0v) is 12.1. The van der Waals surface area contributed by atoms with Crippen LogP contribution in [0.3, 0.4) is 0 Å². The van der Waals surface area contributed by atoms with Crippen LogP contribution in [0.2, 0.25) is 12.6 Å². The zero-order chi connectivity index (χ0) is 13.6. The Morgan fingerprint density at radius 2 is 1.83 bits per heavy atom. The van der Waals surface area contributed by atoms with Crippen molar-refractivity contribution in [3.05, 3.63) is 42.0 Å². The molecule has 0 aromatic heterocycles. The van der Waals surface area contributed by atoms with E-state index in [2.05, 4.69) is 11.5 Å². The fourth-order valence-electron chi connectivity index (χ4n) is 1.65. The van der Waals surface area contributed by atoms with E-state index in [0.29, 0.717) is 6.04 Å². The molecule has 1 aromatic rings. The quantitative estimate of drug-likeness (QED) is 0.468. The lowest BCUT2D eigenvalue weighted by Gasteiger charge is -2.26. The lowest BCUT2D eigenvalue weighted by Crippen LogP contribution is -2.38. The molecule has 0 amide bonds. The van der Waals surface area contributed by atoms with Crippen molar-refractivity contribution in [1.29, 1.82) is 0 Å². The summed E-state index contributed by atoms with van der Waals surface area (Å²) in [6.07, 6.45) is 1.32. The summed E-state index contributed by atoms with van der Waals surface area (Å²) in [5.41, 5.74) is 1.91. The Morgan fingerprint density at radius 1 is 1.28 bits per heavy atom. The molecule has 0 spiro atoms. The normalized spacial score (nSPS) is 13.3. The van der Waals surface area contributed by atoms with Crippen LogP contribution >= 0.6 is 0 Å². The van der Waals surface area contributed by atoms with Crippen molar-refractivity contribution in [3.8, 4) is 0 Å². The third-order valence-corrected chi connectivity index (χ3v) is 5.93. The third kappa shape index (κ3) is 3.76. The van der Waals surface area contributed by atoms with E-state index in [0.717, 1.165) is 11.1 Å². The molecule has 1 unspecified atom stereocenters. The highest BCUT2D eigenvalue weighted by Crippen LogP contribution is 2.28. The van der Waals surface area contributed by atoms with E-state index in [1.165, 1.54) is 0 Å². The predicted molar refractivity (Wildman–Crippen MR) is 73.4 cm³/mol. The Hall–Kier alpha value is -0.983. The molecule has 100 valence electrons. The van der Waals surface area contributed by atoms with Crippen molar-refractivity contribution in [1.82, 2.24) is 0 Å². The summed E-state index contributed by atoms with van der Waals surface area (Å²) in [6, 6.07) is 8.17. The lowest BCUT2D eigenvalue weighted by molar-refractivity contribution is -0.278. The molecular formula is C13H20O4Si. The fraction of sp³-hybridized carbons (Fsp3) is 0.385. The smallest absolute Gasteiger partial charge is 0.337 e. The van der Waals surface area contributed by atoms with Crippen molar-refractivity contribution in [3.63, 3.8) is 0 Å². The first kappa shape index (κ1) is 15.1. The monoisotopic (exact) mass is 268 g/mol. The average molecular weight is 268 g/mol. The first-order chi connectivity index (χ1) is 8.58. The summed E-state index contributed by atoms with van der Waals surface area (Å²) < 4.78 is 10.8. The van der Waals surface area contributed by atoms with E-state index in [1.807, 2.05) is 30.8 Å². The van der Waals surface area contributed by atoms with Crippen LogP contribution in [-0.2, 0) is 13.7 Å². The van der Waals surface area contributed by atoms with Crippen molar-refractivity contribution in [2.75, 3.05) is 14.2 Å². The van der Waals surface area contributed by atoms with Gasteiger partial charge in [-0.15, -0.1) is 0 Å². The van der Waals surface area contributed by atoms with E-state index in [-0.39, 0.29) is 0 Å². The molecule has 0 saturated heterocycles. The fourth-order valence-corrected chi connectivity index (χ4v) is 3.13. The van der Waals surface area contributed by atoms with Gasteiger partial charge < -0.3 is 8.85 Å². The van der Waals surface area contributed by atoms with Crippen molar-refractivity contribution >= 4 is 14.6 Å². The van der Waals surface area contributed by atoms with Crippen LogP contribution in [0.5, 0.6) is 0 Å². The van der Waals surface area contributed by atoms with E-state index in [1.54, 1.807) is 20.3 Å². The second-order valence-electron chi connectivity index (χ2n) is 4.21. The standard InChI is InChI=1S/C13H20O4Si/c1-5-11-6-8-12(9-7-11)13(17-14)10-18(4,15-2)16-3/h5-9,13-14H,1,10H2,2-4H3. The predicted octanol–water partition coefficient (Wildman–Crippen LogP) is 3.23. The summed E-state index contributed by atoms with van der Waals surface area (Å²) in [4.78, 5) is 4.56. The summed E-state index contributed by atoms with van der Waals surface area (Å²) in [7, 11) is 0.941. The Morgan fingerprint density at radius 3 is 2.22 bits per heavy atom. The maximum absolute atomic E-state index is 9.05. The van der Waals surface area contributed by atoms with Gasteiger partial charge in [0.25, 0.3) is 0 Å². The zero-order valence-electron chi connectivity index (χ0n) is 11.1. The topological polar surface area (TPSA) is 47.9 Å². The van der Waals surface area contributed by atoms with E-state index in [9.17, 15) is 0 Å². The molecule has 0 aliphatic heterocycles. The van der Waals surface area contributed by atoms with E-state index in [4.69, 9.17) is 14.1 Å². The summed E-state index contributed by atoms with van der Waals surface area (Å²) in [5.74, 6) is 0. The molecule has 0 aliphatic carbocycles. The SMILES string of the molecule is C=Cc1ccc(C(C[Si](C)(OC)OC)OO)cc1. The molecule has 5 heteroatoms. The van der Waals surface area contributed by atoms with E-state index >= 15 is 0 Å². The summed E-state index contributed by atoms with van der Waals surface area (Å²) in [6.45, 7) is 5.63. The maximum atomic E-state index is 9.05. The Balaban J connectivity index is 2.85. The molecule has 0 fully saturated rings. The van der Waals surface area contributed by atoms with Gasteiger partial charge in [-0.05, 0) is 17.7 Å². The molecule has 0 saturated carbocycles. The van der Waals surface area contributed by atoms with Gasteiger partial charge in [-0.1, -0.05) is 36.9 Å². The average Bonchev–Trinajstić information content (AvgIpc) is 2.44. The molecule has 1 N–H and O–H groups in total. The van der Waals surface area contributed by atoms with Gasteiger partial charge in [0.05, 0.1) is 0 Å². The van der Waals surface area contributed by atoms with Gasteiger partial charge in [0.15, 0.2) is 0 Å². The van der Waals surface area contributed by atoms with E-state index < -0.39 is 14.7 Å². The first-order valence-corrected chi connectivity index (χ1v) is 8.24. The second kappa shape index (κ2) is 6.82. The van der Waals surface area contributed by atoms with Crippen LogP contribution in [0.15, 0.2) is 30.8 Å². The molecule has 1 aromatic carbocycles. The Labute approximate surface area is 109 Å². The van der Waals surface area contributed by atoms with Gasteiger partial charge >= 0.3 is 8.56 Å². The van der Waals surface area contributed by atoms with Gasteiger partial charge in [-0.3, -0.25) is 5.26 Å². The molecule has 0 heterocycles. The molecule has 0 radical (unpaired) electrons. The maximum Gasteiger partial charge on any atom is 0.337 e. The van der Waals surface area contributed by atoms with Gasteiger partial charge in [-0.25, -0.2) is 4.89 Å². The van der Waals surface area contributed by atoms with Crippen LogP contribution in [0, 0.1) is 0 Å². The second-order valence-corrected chi connectivity index (χ2v) is 7.70. The molecule has 0 aliphatic rings. The first-order valence-electron chi connectivity index (χ1n) is 5.71. The van der Waals surface area contributed by atoms with Crippen molar-refractivity contribution in [2.24, 2.45) is 0 Å². The highest BCUT2D eigenvalue weighted by Gasteiger charge is 2.34. The highest BCUT2D eigenvalue weighted by molar-refractivity contribution is 6.66. The lowest BCUT2D eigenvalue weighted by atomic mass is 10.1. The van der Waals surface area contributed by atoms with Crippen LogP contribution < -0.4 is 0 Å². The highest BCUT2D eigenvalue weighted by atomic mass is 28.4. The summed E-state index contributed by atoms with van der Waals surface area (Å²) in [5, 5.41) is 9.05. The van der Waals surface area contributed by atoms with Crippen LogP contribution in [0.4, 0.5) is 0 Å². The van der Waals surface area contributed by atoms with Gasteiger partial charge in [-0.2, -0.15) is 0 Å². The Kier molecular flexibility index (Phi) is 5.71. The molecule has 4 nitrogen and oxygen atoms in total. The van der Waals surface area contributed by atoms with Gasteiger partial charge in [0.1, 0.15) is 6.10 Å². The number of hydrogen-bond donors (Lipinski definition) is 1. The van der Waals surface area contributed by atoms with Crippen LogP contribution in [-0.4, -0.2) is 28.0 Å². The Bertz CT molecular complexity index is 373. The molecule has 1 atom stereocenters. The minimum atomic E-state index is -2.29. The molecule has 18 heavy (non-hydrogen) atoms. The molecule has 1 rings (SSSR count). The van der Waals surface area contributed by atoms with Crippen molar-refractivity contribution in [2.45, 2.75) is 18.7 Å². The molecular weight excluding hydrogens is 248 g/mol. The van der Waals surface area contributed by atoms with Crippen molar-refractivity contribution < 1.29 is 19.0 Å². The minimum absolute atomic E-state index is 0.444.